The third-order valence-corrected chi connectivity index (χ3v) is 23.9. The number of rotatable bonds is 22. The van der Waals surface area contributed by atoms with E-state index >= 15 is 33.6 Å². The first-order valence-corrected chi connectivity index (χ1v) is 43.8. The van der Waals surface area contributed by atoms with Crippen molar-refractivity contribution in [1.29, 1.82) is 0 Å². The molecule has 16 rings (SSSR count). The summed E-state index contributed by atoms with van der Waals surface area (Å²) >= 11 is 14.7. The van der Waals surface area contributed by atoms with Gasteiger partial charge < -0.3 is 147 Å². The van der Waals surface area contributed by atoms with Crippen molar-refractivity contribution >= 4 is 76.6 Å². The number of alkyl carbamates (subject to hydrolysis) is 1. The lowest BCUT2D eigenvalue weighted by atomic mass is 9.89. The fraction of sp³-hybridized carbons (Fsp3) is 0.387. The van der Waals surface area contributed by atoms with Crippen LogP contribution in [0.2, 0.25) is 10.0 Å². The molecular formula is C93H102Cl2N10O28. The van der Waals surface area contributed by atoms with Crippen LogP contribution in [0, 0.1) is 5.92 Å². The molecule has 9 amide bonds. The smallest absolute Gasteiger partial charge is 0.408 e. The van der Waals surface area contributed by atoms with Crippen LogP contribution in [-0.4, -0.2) is 228 Å². The summed E-state index contributed by atoms with van der Waals surface area (Å²) in [5, 5.41) is 150. The average molecular weight is 1880 g/mol. The number of aliphatic hydroxyl groups is 7. The second kappa shape index (κ2) is 42.4. The molecule has 0 aliphatic carbocycles. The minimum Gasteiger partial charge on any atom is -0.508 e. The second-order valence-electron chi connectivity index (χ2n) is 33.8. The average Bonchev–Trinajstić information content (AvgIpc) is 0.753. The zero-order chi connectivity index (χ0) is 94.9. The quantitative estimate of drug-likeness (QED) is 0.0372. The van der Waals surface area contributed by atoms with Crippen molar-refractivity contribution in [2.75, 3.05) is 40.4 Å². The van der Waals surface area contributed by atoms with E-state index in [1.54, 1.807) is 44.4 Å². The number of ether oxygens (including phenoxy) is 8. The zero-order valence-corrected chi connectivity index (χ0v) is 73.7. The summed E-state index contributed by atoms with van der Waals surface area (Å²) in [6, 6.07) is 14.8. The topological polar surface area (TPSA) is 562 Å². The number of benzene rings is 8. The minimum atomic E-state index is -2.40. The molecule has 8 aliphatic rings. The summed E-state index contributed by atoms with van der Waals surface area (Å²) < 4.78 is 50.7. The summed E-state index contributed by atoms with van der Waals surface area (Å²) in [4.78, 5) is 142. The van der Waals surface area contributed by atoms with Crippen molar-refractivity contribution in [1.82, 2.24) is 52.8 Å². The Bertz CT molecular complexity index is 5680. The fourth-order valence-corrected chi connectivity index (χ4v) is 16.8. The first-order valence-electron chi connectivity index (χ1n) is 43.1. The standard InChI is InChI=1S/C93H102Cl2N10O28/c1-43(2)13-8-5-6-11-16-70(112)99-77-80(115)78(113)68(40-106)131-91(77)133-83-66-35-50-36-67(83)129-63-24-18-46(28-57(63)95)30-59-85(119)103-76(86(120)96-25-12-26-105(3)4)55-38-52(109)39-65(130-92-82(117)81(116)79(114)69(41-107)132-92)71(55)54-33-47(19-21-60(54)110)72(87(121)97-59)101-90(124)75(50)102-89(123)74-49-31-51(108)37-53(32-49)127-64-34-48(20-22-61(64)111)73(104-93(125)126-42-44-14-9-7-10-15-44)88(122)98-58(84(118)100-74)29-45-17-23-62(128-66)56(94)27-45/h7,9-10,14-15,17-24,27-28,31-39,43,58-59,68-69,72-82,91-92,106-111,113-117H,5-6,8,11-13,16,25-26,29-30,40-42H2,1-4H3,(H,96,120)(H,97,121)(H,98,122)(H,99,112)(H,100,118)(H,101,124)(H,102,123)(H,103,119)(H,104,125)/t58-,59+,68-,69-,72-,73+,74+,75-,76+,77-,78-,79-,80-,81+,82+,91+,92+/m1/s1. The van der Waals surface area contributed by atoms with Gasteiger partial charge in [0.2, 0.25) is 65.6 Å². The highest BCUT2D eigenvalue weighted by Crippen LogP contribution is 2.51. The largest absolute Gasteiger partial charge is 0.508 e. The van der Waals surface area contributed by atoms with Crippen LogP contribution in [0.3, 0.4) is 0 Å². The summed E-state index contributed by atoms with van der Waals surface area (Å²) in [6.45, 7) is 2.39. The molecule has 8 aliphatic heterocycles. The molecule has 38 nitrogen and oxygen atoms in total. The lowest BCUT2D eigenvalue weighted by Crippen LogP contribution is -2.65. The van der Waals surface area contributed by atoms with Gasteiger partial charge in [0, 0.05) is 49.1 Å². The van der Waals surface area contributed by atoms with Gasteiger partial charge in [-0.3, -0.25) is 38.4 Å². The second-order valence-corrected chi connectivity index (χ2v) is 34.6. The van der Waals surface area contributed by atoms with Crippen LogP contribution in [-0.2, 0) is 72.0 Å². The van der Waals surface area contributed by atoms with Crippen molar-refractivity contribution in [2.24, 2.45) is 5.92 Å². The van der Waals surface area contributed by atoms with Crippen LogP contribution in [0.4, 0.5) is 4.79 Å². The van der Waals surface area contributed by atoms with Gasteiger partial charge in [0.05, 0.1) is 23.3 Å². The lowest BCUT2D eigenvalue weighted by molar-refractivity contribution is -0.277. The summed E-state index contributed by atoms with van der Waals surface area (Å²) in [6.07, 6.45) is -15.7. The maximum absolute atomic E-state index is 16.9. The van der Waals surface area contributed by atoms with E-state index in [1.165, 1.54) is 48.5 Å². The number of phenols is 4. The maximum atomic E-state index is 16.9. The molecule has 2 fully saturated rings. The molecule has 133 heavy (non-hydrogen) atoms. The van der Waals surface area contributed by atoms with Crippen LogP contribution in [0.15, 0.2) is 146 Å². The third kappa shape index (κ3) is 22.7. The Labute approximate surface area is 771 Å². The number of halogens is 2. The number of nitrogens with zero attached hydrogens (tertiary/aromatic N) is 1. The zero-order valence-electron chi connectivity index (χ0n) is 72.2. The van der Waals surface area contributed by atoms with Gasteiger partial charge in [0.25, 0.3) is 0 Å². The molecular weight excluding hydrogens is 1780 g/mol. The highest BCUT2D eigenvalue weighted by atomic mass is 35.5. The van der Waals surface area contributed by atoms with E-state index in [0.717, 1.165) is 86.0 Å². The minimum absolute atomic E-state index is 0.0427. The van der Waals surface area contributed by atoms with E-state index < -0.39 is 251 Å². The number of aliphatic hydroxyl groups excluding tert-OH is 7. The fourth-order valence-electron chi connectivity index (χ4n) is 16.3. The number of carbonyl (C=O) groups is 9. The molecule has 17 bridgehead atoms. The molecule has 8 aromatic rings. The van der Waals surface area contributed by atoms with Gasteiger partial charge in [-0.05, 0) is 163 Å². The van der Waals surface area contributed by atoms with Crippen molar-refractivity contribution < 1.29 is 137 Å². The van der Waals surface area contributed by atoms with Crippen molar-refractivity contribution in [2.45, 2.75) is 182 Å². The number of nitrogens with one attached hydrogen (secondary N) is 9. The Balaban J connectivity index is 0.978. The van der Waals surface area contributed by atoms with Gasteiger partial charge in [-0.25, -0.2) is 4.79 Å². The summed E-state index contributed by atoms with van der Waals surface area (Å²) in [5.41, 5.74) is -1.58. The lowest BCUT2D eigenvalue weighted by Gasteiger charge is -2.42. The Morgan fingerprint density at radius 2 is 1.09 bits per heavy atom. The highest BCUT2D eigenvalue weighted by Gasteiger charge is 2.50. The summed E-state index contributed by atoms with van der Waals surface area (Å²) in [7, 11) is 3.57. The normalized spacial score (nSPS) is 24.7. The van der Waals surface area contributed by atoms with Crippen LogP contribution >= 0.6 is 23.2 Å². The molecule has 17 atom stereocenters. The molecule has 706 valence electrons. The highest BCUT2D eigenvalue weighted by molar-refractivity contribution is 6.32. The number of carbonyl (C=O) groups excluding carboxylic acids is 9. The van der Waals surface area contributed by atoms with Gasteiger partial charge >= 0.3 is 6.09 Å². The maximum Gasteiger partial charge on any atom is 0.408 e. The number of unbranched alkanes of at least 4 members (excludes halogenated alkanes) is 3. The number of amides is 9. The Hall–Kier alpha value is -12.8. The number of fused-ring (bicyclic) bond motifs is 14. The number of hydrogen-bond acceptors (Lipinski definition) is 29. The molecule has 40 heteroatoms. The Kier molecular flexibility index (Phi) is 30.7. The van der Waals surface area contributed by atoms with E-state index in [4.69, 9.17) is 61.1 Å². The molecule has 8 aromatic carbocycles. The van der Waals surface area contributed by atoms with Gasteiger partial charge in [0.1, 0.15) is 138 Å². The van der Waals surface area contributed by atoms with E-state index in [-0.39, 0.29) is 80.2 Å². The summed E-state index contributed by atoms with van der Waals surface area (Å²) in [5.74, 6) is -15.0. The molecule has 2 saturated heterocycles. The van der Waals surface area contributed by atoms with Crippen LogP contribution < -0.4 is 71.5 Å². The molecule has 0 spiro atoms. The number of aromatic hydroxyl groups is 4. The van der Waals surface area contributed by atoms with Crippen molar-refractivity contribution in [3.8, 4) is 80.1 Å². The molecule has 20 N–H and O–H groups in total. The van der Waals surface area contributed by atoms with Gasteiger partial charge in [-0.1, -0.05) is 117 Å². The SMILES string of the molecule is CC(C)CCCCCCC(=O)N[C@H]1[C@H](Oc2c3cc4cc2Oc2ccc(cc2Cl)C[C@H]2NC(=O)[C@@H](NC(=O)OCc5ccccc5)c5ccc(O)c(c5)Oc5cc(O)cc(c5)[C@H](NC2=O)C(=O)N[C@H]4C(=O)N[C@H]2C(=O)N[C@@H](Cc4ccc(c(Cl)c4)O3)C(=O)N[C@H](C(=O)NCCCN(C)C)c3cc(O)cc(O[C@H]4O[C@H](CO)[C@@H](O)[C@H](O)[C@@H]4O)c3-c3cc2ccc3O)O[C@H](CO)[C@@H](O)[C@@H]1O. The Morgan fingerprint density at radius 3 is 1.73 bits per heavy atom. The van der Waals surface area contributed by atoms with Crippen LogP contribution in [0.5, 0.6) is 69.0 Å². The van der Waals surface area contributed by atoms with E-state index in [0.29, 0.717) is 37.3 Å². The molecule has 0 saturated carbocycles. The van der Waals surface area contributed by atoms with E-state index in [9.17, 15) is 65.8 Å². The first-order chi connectivity index (χ1) is 63.6. The predicted octanol–water partition coefficient (Wildman–Crippen LogP) is 5.51. The molecule has 0 unspecified atom stereocenters. The third-order valence-electron chi connectivity index (χ3n) is 23.3. The monoisotopic (exact) mass is 1880 g/mol. The molecule has 0 aromatic heterocycles. The van der Waals surface area contributed by atoms with Gasteiger partial charge in [0.15, 0.2) is 23.0 Å². The first kappa shape index (κ1) is 96.2. The van der Waals surface area contributed by atoms with Crippen molar-refractivity contribution in [3.63, 3.8) is 0 Å². The van der Waals surface area contributed by atoms with Gasteiger partial charge in [-0.15, -0.1) is 0 Å². The van der Waals surface area contributed by atoms with Crippen LogP contribution in [0.1, 0.15) is 134 Å². The van der Waals surface area contributed by atoms with Crippen molar-refractivity contribution in [3.05, 3.63) is 200 Å². The Morgan fingerprint density at radius 1 is 0.519 bits per heavy atom. The molecule has 0 radical (unpaired) electrons. The molecule has 8 heterocycles. The van der Waals surface area contributed by atoms with E-state index in [1.807, 2.05) is 4.90 Å². The number of hydrogen-bond donors (Lipinski definition) is 20. The van der Waals surface area contributed by atoms with E-state index in [2.05, 4.69) is 61.7 Å². The predicted molar refractivity (Wildman–Crippen MR) is 472 cm³/mol. The van der Waals surface area contributed by atoms with Crippen LogP contribution in [0.25, 0.3) is 11.1 Å². The number of phenolic OH excluding ortho intramolecular Hbond substituents is 4. The van der Waals surface area contributed by atoms with Gasteiger partial charge in [-0.2, -0.15) is 0 Å².